The quantitative estimate of drug-likeness (QED) is 0.818. The largest absolute Gasteiger partial charge is 0.496 e. The molecule has 0 saturated heterocycles. The van der Waals surface area contributed by atoms with Gasteiger partial charge in [-0.1, -0.05) is 17.7 Å². The molecule has 0 fully saturated rings. The molecule has 0 unspecified atom stereocenters. The summed E-state index contributed by atoms with van der Waals surface area (Å²) in [6, 6.07) is 5.60. The van der Waals surface area contributed by atoms with Crippen LogP contribution in [0.5, 0.6) is 5.75 Å². The molecule has 20 heavy (non-hydrogen) atoms. The molecule has 2 rings (SSSR count). The van der Waals surface area contributed by atoms with Gasteiger partial charge in [-0.25, -0.2) is 0 Å². The second-order valence-electron chi connectivity index (χ2n) is 4.36. The highest BCUT2D eigenvalue weighted by molar-refractivity contribution is 6.31. The van der Waals surface area contributed by atoms with Crippen molar-refractivity contribution in [2.45, 2.75) is 19.6 Å². The molecule has 0 radical (unpaired) electrons. The molecule has 0 aliphatic carbocycles. The average Bonchev–Trinajstić information content (AvgIpc) is 2.88. The first kappa shape index (κ1) is 14.8. The molecule has 0 spiro atoms. The van der Waals surface area contributed by atoms with E-state index < -0.39 is 0 Å². The van der Waals surface area contributed by atoms with Gasteiger partial charge in [0.1, 0.15) is 5.75 Å². The summed E-state index contributed by atoms with van der Waals surface area (Å²) in [4.78, 5) is 0. The van der Waals surface area contributed by atoms with Crippen LogP contribution in [0.3, 0.4) is 0 Å². The van der Waals surface area contributed by atoms with Crippen molar-refractivity contribution in [1.82, 2.24) is 15.1 Å². The fourth-order valence-corrected chi connectivity index (χ4v) is 2.19. The number of halogens is 1. The van der Waals surface area contributed by atoms with Crippen molar-refractivity contribution in [3.63, 3.8) is 0 Å². The molecule has 5 nitrogen and oxygen atoms in total. The van der Waals surface area contributed by atoms with Crippen molar-refractivity contribution in [1.29, 1.82) is 0 Å². The predicted octanol–water partition coefficient (Wildman–Crippen LogP) is 1.83. The van der Waals surface area contributed by atoms with Crippen molar-refractivity contribution in [2.24, 2.45) is 0 Å². The van der Waals surface area contributed by atoms with Crippen LogP contribution in [0.2, 0.25) is 5.02 Å². The molecule has 0 amide bonds. The van der Waals surface area contributed by atoms with Gasteiger partial charge in [0.15, 0.2) is 0 Å². The summed E-state index contributed by atoms with van der Waals surface area (Å²) >= 11 is 6.17. The zero-order valence-corrected chi connectivity index (χ0v) is 12.1. The van der Waals surface area contributed by atoms with Crippen molar-refractivity contribution in [3.05, 3.63) is 46.7 Å². The number of aliphatic hydroxyl groups excluding tert-OH is 1. The maximum absolute atomic E-state index is 8.84. The minimum Gasteiger partial charge on any atom is -0.496 e. The average molecular weight is 296 g/mol. The summed E-state index contributed by atoms with van der Waals surface area (Å²) in [6.07, 6.45) is 3.69. The first-order chi connectivity index (χ1) is 9.74. The highest BCUT2D eigenvalue weighted by atomic mass is 35.5. The number of ether oxygens (including phenoxy) is 1. The fraction of sp³-hybridized carbons (Fsp3) is 0.357. The molecule has 6 heteroatoms. The maximum atomic E-state index is 8.84. The first-order valence-electron chi connectivity index (χ1n) is 6.39. The molecule has 0 bridgehead atoms. The highest BCUT2D eigenvalue weighted by Gasteiger charge is 2.07. The maximum Gasteiger partial charge on any atom is 0.124 e. The van der Waals surface area contributed by atoms with Crippen molar-refractivity contribution in [3.8, 4) is 5.75 Å². The topological polar surface area (TPSA) is 59.3 Å². The number of aromatic nitrogens is 2. The van der Waals surface area contributed by atoms with Gasteiger partial charge in [0.25, 0.3) is 0 Å². The molecule has 0 aliphatic rings. The Morgan fingerprint density at radius 2 is 2.25 bits per heavy atom. The number of aliphatic hydroxyl groups is 1. The molecule has 0 atom stereocenters. The molecule has 0 aliphatic heterocycles. The van der Waals surface area contributed by atoms with Gasteiger partial charge in [0.05, 0.1) is 26.5 Å². The van der Waals surface area contributed by atoms with Crippen molar-refractivity contribution < 1.29 is 9.84 Å². The third-order valence-corrected chi connectivity index (χ3v) is 3.30. The lowest BCUT2D eigenvalue weighted by Crippen LogP contribution is -2.13. The molecular formula is C14H18ClN3O2. The zero-order chi connectivity index (χ0) is 14.4. The lowest BCUT2D eigenvalue weighted by molar-refractivity contribution is 0.269. The van der Waals surface area contributed by atoms with Crippen LogP contribution in [-0.4, -0.2) is 28.6 Å². The lowest BCUT2D eigenvalue weighted by Gasteiger charge is -2.10. The van der Waals surface area contributed by atoms with Gasteiger partial charge in [-0.15, -0.1) is 0 Å². The summed E-state index contributed by atoms with van der Waals surface area (Å²) in [5, 5.41) is 17.0. The van der Waals surface area contributed by atoms with E-state index in [9.17, 15) is 0 Å². The third kappa shape index (κ3) is 3.72. The van der Waals surface area contributed by atoms with E-state index >= 15 is 0 Å². The Morgan fingerprint density at radius 3 is 3.00 bits per heavy atom. The number of methoxy groups -OCH3 is 1. The molecule has 2 aromatic rings. The summed E-state index contributed by atoms with van der Waals surface area (Å²) < 4.78 is 7.01. The van der Waals surface area contributed by atoms with Crippen LogP contribution in [0, 0.1) is 0 Å². The van der Waals surface area contributed by atoms with Crippen LogP contribution in [0.1, 0.15) is 11.1 Å². The number of nitrogens with one attached hydrogen (secondary N) is 1. The van der Waals surface area contributed by atoms with Gasteiger partial charge in [0, 0.05) is 35.4 Å². The van der Waals surface area contributed by atoms with Gasteiger partial charge in [-0.2, -0.15) is 5.10 Å². The van der Waals surface area contributed by atoms with Gasteiger partial charge in [-0.05, 0) is 12.1 Å². The zero-order valence-electron chi connectivity index (χ0n) is 11.3. The highest BCUT2D eigenvalue weighted by Crippen LogP contribution is 2.25. The summed E-state index contributed by atoms with van der Waals surface area (Å²) in [5.74, 6) is 0.779. The van der Waals surface area contributed by atoms with Crippen LogP contribution < -0.4 is 10.1 Å². The van der Waals surface area contributed by atoms with E-state index in [4.69, 9.17) is 21.4 Å². The van der Waals surface area contributed by atoms with Crippen LogP contribution in [0.25, 0.3) is 0 Å². The number of hydrogen-bond donors (Lipinski definition) is 2. The van der Waals surface area contributed by atoms with E-state index in [2.05, 4.69) is 10.4 Å². The van der Waals surface area contributed by atoms with Crippen LogP contribution >= 0.6 is 11.6 Å². The van der Waals surface area contributed by atoms with E-state index in [1.807, 2.05) is 24.4 Å². The summed E-state index contributed by atoms with van der Waals surface area (Å²) in [7, 11) is 1.63. The Bertz CT molecular complexity index is 557. The SMILES string of the molecule is COc1cccc(Cl)c1CNCc1cnn(CCO)c1. The number of rotatable bonds is 7. The summed E-state index contributed by atoms with van der Waals surface area (Å²) in [6.45, 7) is 1.90. The Hall–Kier alpha value is -1.56. The Balaban J connectivity index is 1.92. The number of hydrogen-bond acceptors (Lipinski definition) is 4. The second-order valence-corrected chi connectivity index (χ2v) is 4.77. The predicted molar refractivity (Wildman–Crippen MR) is 77.9 cm³/mol. The second kappa shape index (κ2) is 7.28. The van der Waals surface area contributed by atoms with Crippen molar-refractivity contribution >= 4 is 11.6 Å². The molecule has 108 valence electrons. The molecule has 1 aromatic carbocycles. The van der Waals surface area contributed by atoms with Crippen LogP contribution in [-0.2, 0) is 19.6 Å². The van der Waals surface area contributed by atoms with Crippen LogP contribution in [0.15, 0.2) is 30.6 Å². The molecule has 1 heterocycles. The van der Waals surface area contributed by atoms with E-state index in [0.29, 0.717) is 24.7 Å². The Kier molecular flexibility index (Phi) is 5.40. The molecule has 2 N–H and O–H groups in total. The Morgan fingerprint density at radius 1 is 1.40 bits per heavy atom. The number of nitrogens with zero attached hydrogens (tertiary/aromatic N) is 2. The Labute approximate surface area is 123 Å². The van der Waals surface area contributed by atoms with Gasteiger partial charge < -0.3 is 15.2 Å². The minimum atomic E-state index is 0.0887. The number of benzene rings is 1. The van der Waals surface area contributed by atoms with Gasteiger partial charge >= 0.3 is 0 Å². The molecule has 1 aromatic heterocycles. The van der Waals surface area contributed by atoms with E-state index in [1.54, 1.807) is 18.0 Å². The lowest BCUT2D eigenvalue weighted by atomic mass is 10.2. The standard InChI is InChI=1S/C14H18ClN3O2/c1-20-14-4-2-3-13(15)12(14)9-16-7-11-8-17-18(10-11)5-6-19/h2-4,8,10,16,19H,5-7,9H2,1H3. The fourth-order valence-electron chi connectivity index (χ4n) is 1.96. The molecular weight excluding hydrogens is 278 g/mol. The monoisotopic (exact) mass is 295 g/mol. The van der Waals surface area contributed by atoms with E-state index in [0.717, 1.165) is 16.9 Å². The normalized spacial score (nSPS) is 10.8. The van der Waals surface area contributed by atoms with Gasteiger partial charge in [-0.3, -0.25) is 4.68 Å². The van der Waals surface area contributed by atoms with Gasteiger partial charge in [0.2, 0.25) is 0 Å². The van der Waals surface area contributed by atoms with E-state index in [-0.39, 0.29) is 6.61 Å². The van der Waals surface area contributed by atoms with Crippen LogP contribution in [0.4, 0.5) is 0 Å². The minimum absolute atomic E-state index is 0.0887. The smallest absolute Gasteiger partial charge is 0.124 e. The molecule has 0 saturated carbocycles. The van der Waals surface area contributed by atoms with E-state index in [1.165, 1.54) is 0 Å². The van der Waals surface area contributed by atoms with Crippen molar-refractivity contribution in [2.75, 3.05) is 13.7 Å². The first-order valence-corrected chi connectivity index (χ1v) is 6.76. The summed E-state index contributed by atoms with van der Waals surface area (Å²) in [5.41, 5.74) is 2.00. The third-order valence-electron chi connectivity index (χ3n) is 2.94.